The van der Waals surface area contributed by atoms with Crippen molar-refractivity contribution in [1.82, 2.24) is 0 Å². The van der Waals surface area contributed by atoms with Gasteiger partial charge in [-0.2, -0.15) is 0 Å². The maximum atomic E-state index is 11.7. The molecule has 2 aliphatic carbocycles. The van der Waals surface area contributed by atoms with E-state index in [-0.39, 0.29) is 19.1 Å². The van der Waals surface area contributed by atoms with E-state index in [1.807, 2.05) is 0 Å². The first-order valence-corrected chi connectivity index (χ1v) is 13.2. The van der Waals surface area contributed by atoms with E-state index in [1.54, 1.807) is 6.92 Å². The smallest absolute Gasteiger partial charge is 0.333 e. The Balaban J connectivity index is 1.48. The molecule has 1 saturated carbocycles. The van der Waals surface area contributed by atoms with E-state index in [2.05, 4.69) is 43.8 Å². The fourth-order valence-corrected chi connectivity index (χ4v) is 5.70. The third-order valence-electron chi connectivity index (χ3n) is 7.96. The first-order valence-electron chi connectivity index (χ1n) is 13.2. The highest BCUT2D eigenvalue weighted by molar-refractivity contribution is 5.86. The van der Waals surface area contributed by atoms with Gasteiger partial charge in [0.05, 0.1) is 6.61 Å². The van der Waals surface area contributed by atoms with Gasteiger partial charge in [-0.1, -0.05) is 82.4 Å². The van der Waals surface area contributed by atoms with E-state index >= 15 is 0 Å². The third-order valence-corrected chi connectivity index (χ3v) is 7.96. The van der Waals surface area contributed by atoms with Crippen LogP contribution in [0.3, 0.4) is 0 Å². The zero-order valence-electron chi connectivity index (χ0n) is 20.9. The minimum Gasteiger partial charge on any atom is -0.462 e. The summed E-state index contributed by atoms with van der Waals surface area (Å²) < 4.78 is 5.25. The summed E-state index contributed by atoms with van der Waals surface area (Å²) >= 11 is 0. The third kappa shape index (κ3) is 7.57. The van der Waals surface area contributed by atoms with E-state index in [0.717, 1.165) is 23.3 Å². The molecule has 182 valence electrons. The molecule has 33 heavy (non-hydrogen) atoms. The molecule has 0 aromatic heterocycles. The van der Waals surface area contributed by atoms with Crippen LogP contribution >= 0.6 is 0 Å². The summed E-state index contributed by atoms with van der Waals surface area (Å²) in [5.41, 5.74) is 4.12. The molecule has 2 atom stereocenters. The number of hydrogen-bond acceptors (Lipinski definition) is 3. The zero-order valence-corrected chi connectivity index (χ0v) is 20.9. The molecular weight excluding hydrogens is 408 g/mol. The van der Waals surface area contributed by atoms with E-state index in [4.69, 9.17) is 4.74 Å². The minimum atomic E-state index is -0.406. The summed E-state index contributed by atoms with van der Waals surface area (Å²) in [5, 5.41) is 9.75. The largest absolute Gasteiger partial charge is 0.462 e. The van der Waals surface area contributed by atoms with Crippen molar-refractivity contribution in [2.24, 2.45) is 17.8 Å². The Morgan fingerprint density at radius 2 is 1.82 bits per heavy atom. The van der Waals surface area contributed by atoms with Crippen LogP contribution in [-0.4, -0.2) is 24.3 Å². The Hall–Kier alpha value is -1.87. The second kappa shape index (κ2) is 13.1. The monoisotopic (exact) mass is 452 g/mol. The highest BCUT2D eigenvalue weighted by Gasteiger charge is 2.28. The summed E-state index contributed by atoms with van der Waals surface area (Å²) in [4.78, 5) is 11.7. The van der Waals surface area contributed by atoms with Gasteiger partial charge >= 0.3 is 5.97 Å². The predicted molar refractivity (Wildman–Crippen MR) is 137 cm³/mol. The Morgan fingerprint density at radius 1 is 1.09 bits per heavy atom. The van der Waals surface area contributed by atoms with Gasteiger partial charge in [0.15, 0.2) is 0 Å². The molecular formula is C30H44O3. The van der Waals surface area contributed by atoms with E-state index in [0.29, 0.717) is 5.57 Å². The van der Waals surface area contributed by atoms with Crippen molar-refractivity contribution >= 4 is 11.5 Å². The maximum Gasteiger partial charge on any atom is 0.333 e. The summed E-state index contributed by atoms with van der Waals surface area (Å²) in [6.45, 7) is 7.66. The molecule has 1 aromatic rings. The van der Waals surface area contributed by atoms with E-state index < -0.39 is 5.97 Å². The van der Waals surface area contributed by atoms with E-state index in [9.17, 15) is 9.90 Å². The van der Waals surface area contributed by atoms with Gasteiger partial charge in [-0.3, -0.25) is 0 Å². The average Bonchev–Trinajstić information content (AvgIpc) is 2.85. The van der Waals surface area contributed by atoms with Gasteiger partial charge < -0.3 is 9.84 Å². The second-order valence-electron chi connectivity index (χ2n) is 10.4. The SMILES string of the molecule is C=C(C)C(=O)OCC(CO)c1ccc(C2=CCC(C3CCC(CCCCC)CC3)CC2)cc1. The summed E-state index contributed by atoms with van der Waals surface area (Å²) in [6, 6.07) is 8.45. The lowest BCUT2D eigenvalue weighted by atomic mass is 9.70. The lowest BCUT2D eigenvalue weighted by molar-refractivity contribution is -0.139. The molecule has 2 unspecified atom stereocenters. The van der Waals surface area contributed by atoms with Crippen LogP contribution in [0.4, 0.5) is 0 Å². The van der Waals surface area contributed by atoms with Crippen LogP contribution in [0, 0.1) is 17.8 Å². The van der Waals surface area contributed by atoms with Gasteiger partial charge in [0.2, 0.25) is 0 Å². The van der Waals surface area contributed by atoms with Crippen LogP contribution in [0.25, 0.3) is 5.57 Å². The Kier molecular flexibility index (Phi) is 10.2. The van der Waals surface area contributed by atoms with Gasteiger partial charge in [0, 0.05) is 11.5 Å². The Labute approximate surface area is 201 Å². The molecule has 0 saturated heterocycles. The van der Waals surface area contributed by atoms with Gasteiger partial charge in [-0.25, -0.2) is 4.79 Å². The van der Waals surface area contributed by atoms with Crippen molar-refractivity contribution in [1.29, 1.82) is 0 Å². The van der Waals surface area contributed by atoms with Gasteiger partial charge in [-0.15, -0.1) is 0 Å². The lowest BCUT2D eigenvalue weighted by Crippen LogP contribution is -2.23. The first-order chi connectivity index (χ1) is 16.0. The number of esters is 1. The predicted octanol–water partition coefficient (Wildman–Crippen LogP) is 7.45. The maximum absolute atomic E-state index is 11.7. The Bertz CT molecular complexity index is 783. The number of allylic oxidation sites excluding steroid dienone is 2. The molecule has 0 radical (unpaired) electrons. The van der Waals surface area contributed by atoms with Crippen molar-refractivity contribution in [3.63, 3.8) is 0 Å². The second-order valence-corrected chi connectivity index (χ2v) is 10.4. The molecule has 0 spiro atoms. The van der Waals surface area contributed by atoms with Crippen molar-refractivity contribution in [2.75, 3.05) is 13.2 Å². The number of hydrogen-bond donors (Lipinski definition) is 1. The summed E-state index contributed by atoms with van der Waals surface area (Å²) in [6.07, 6.45) is 17.6. The van der Waals surface area contributed by atoms with Gasteiger partial charge in [0.1, 0.15) is 6.61 Å². The van der Waals surface area contributed by atoms with Crippen LogP contribution in [0.2, 0.25) is 0 Å². The van der Waals surface area contributed by atoms with Crippen molar-refractivity contribution in [3.8, 4) is 0 Å². The summed E-state index contributed by atoms with van der Waals surface area (Å²) in [5.74, 6) is 2.18. The fourth-order valence-electron chi connectivity index (χ4n) is 5.70. The lowest BCUT2D eigenvalue weighted by Gasteiger charge is -2.35. The topological polar surface area (TPSA) is 46.5 Å². The molecule has 0 bridgehead atoms. The first kappa shape index (κ1) is 25.7. The molecule has 1 N–H and O–H groups in total. The van der Waals surface area contributed by atoms with Gasteiger partial charge in [0.25, 0.3) is 0 Å². The Morgan fingerprint density at radius 3 is 2.39 bits per heavy atom. The van der Waals surface area contributed by atoms with Crippen LogP contribution < -0.4 is 0 Å². The van der Waals surface area contributed by atoms with Crippen molar-refractivity contribution < 1.29 is 14.6 Å². The highest BCUT2D eigenvalue weighted by atomic mass is 16.5. The number of unbranched alkanes of at least 4 members (excludes halogenated alkanes) is 2. The van der Waals surface area contributed by atoms with Crippen molar-refractivity contribution in [3.05, 3.63) is 53.6 Å². The fraction of sp³-hybridized carbons (Fsp3) is 0.633. The van der Waals surface area contributed by atoms with Crippen LogP contribution in [0.5, 0.6) is 0 Å². The number of carbonyl (C=O) groups excluding carboxylic acids is 1. The normalized spacial score (nSPS) is 24.1. The molecule has 3 rings (SSSR count). The molecule has 3 nitrogen and oxygen atoms in total. The molecule has 0 amide bonds. The molecule has 3 heteroatoms. The highest BCUT2D eigenvalue weighted by Crippen LogP contribution is 2.42. The number of carbonyl (C=O) groups is 1. The number of aliphatic hydroxyl groups excluding tert-OH is 1. The molecule has 1 fully saturated rings. The zero-order chi connectivity index (χ0) is 23.6. The number of aliphatic hydroxyl groups is 1. The number of rotatable bonds is 11. The van der Waals surface area contributed by atoms with E-state index in [1.165, 1.54) is 81.8 Å². The number of ether oxygens (including phenoxy) is 1. The summed E-state index contributed by atoms with van der Waals surface area (Å²) in [7, 11) is 0. The standard InChI is InChI=1S/C30H44O3/c1-4-5-6-7-23-8-10-24(11-9-23)25-12-14-26(15-13-25)27-16-18-28(19-17-27)29(20-31)21-33-30(32)22(2)3/h14,16-19,23-25,29,31H,2,4-13,15,20-21H2,1,3H3. The average molecular weight is 453 g/mol. The van der Waals surface area contributed by atoms with Gasteiger partial charge in [-0.05, 0) is 73.5 Å². The molecule has 0 heterocycles. The molecule has 2 aliphatic rings. The number of benzene rings is 1. The van der Waals surface area contributed by atoms with Crippen LogP contribution in [-0.2, 0) is 9.53 Å². The van der Waals surface area contributed by atoms with Crippen molar-refractivity contribution in [2.45, 2.75) is 90.4 Å². The molecule has 0 aliphatic heterocycles. The minimum absolute atomic E-state index is 0.0476. The molecule has 1 aromatic carbocycles. The van der Waals surface area contributed by atoms with Crippen LogP contribution in [0.15, 0.2) is 42.5 Å². The van der Waals surface area contributed by atoms with Crippen LogP contribution in [0.1, 0.15) is 102 Å². The quantitative estimate of drug-likeness (QED) is 0.215.